The smallest absolute Gasteiger partial charge is 0.253 e. The Hall–Kier alpha value is -1.26. The number of carbonyl (C=O) groups excluding carboxylic acids is 2. The van der Waals surface area contributed by atoms with Crippen LogP contribution in [0.15, 0.2) is 18.2 Å². The number of hydrogen-bond acceptors (Lipinski definition) is 2. The van der Waals surface area contributed by atoms with Crippen molar-refractivity contribution >= 4 is 35.0 Å². The van der Waals surface area contributed by atoms with Crippen molar-refractivity contribution in [1.82, 2.24) is 10.6 Å². The molecule has 0 saturated heterocycles. The van der Waals surface area contributed by atoms with E-state index in [1.807, 2.05) is 0 Å². The van der Waals surface area contributed by atoms with Gasteiger partial charge in [-0.3, -0.25) is 9.59 Å². The van der Waals surface area contributed by atoms with E-state index in [1.165, 1.54) is 12.5 Å². The molecule has 6 heteroatoms. The number of hydrogen-bond donors (Lipinski definition) is 2. The Balaban J connectivity index is 1.84. The van der Waals surface area contributed by atoms with Gasteiger partial charge in [0.15, 0.2) is 0 Å². The molecule has 0 unspecified atom stereocenters. The summed E-state index contributed by atoms with van der Waals surface area (Å²) < 4.78 is 0. The van der Waals surface area contributed by atoms with Crippen LogP contribution in [0.5, 0.6) is 0 Å². The first kappa shape index (κ1) is 17.1. The van der Waals surface area contributed by atoms with Gasteiger partial charge >= 0.3 is 0 Å². The average Bonchev–Trinajstić information content (AvgIpc) is 2.47. The number of carbonyl (C=O) groups is 2. The summed E-state index contributed by atoms with van der Waals surface area (Å²) in [6.07, 6.45) is 4.50. The van der Waals surface area contributed by atoms with Gasteiger partial charge in [-0.15, -0.1) is 0 Å². The van der Waals surface area contributed by atoms with Crippen LogP contribution < -0.4 is 10.6 Å². The first-order chi connectivity index (χ1) is 10.5. The van der Waals surface area contributed by atoms with Crippen LogP contribution in [0.2, 0.25) is 10.0 Å². The van der Waals surface area contributed by atoms with Crippen molar-refractivity contribution in [2.45, 2.75) is 38.6 Å². The minimum Gasteiger partial charge on any atom is -0.352 e. The third-order valence-corrected chi connectivity index (χ3v) is 4.59. The van der Waals surface area contributed by atoms with Gasteiger partial charge in [-0.2, -0.15) is 0 Å². The summed E-state index contributed by atoms with van der Waals surface area (Å²) in [5, 5.41) is 6.31. The molecule has 0 radical (unpaired) electrons. The molecule has 1 aromatic rings. The fraction of sp³-hybridized carbons (Fsp3) is 0.500. The van der Waals surface area contributed by atoms with Crippen molar-refractivity contribution in [1.29, 1.82) is 0 Å². The molecule has 0 heterocycles. The second-order valence-electron chi connectivity index (χ2n) is 5.74. The summed E-state index contributed by atoms with van der Waals surface area (Å²) >= 11 is 11.8. The molecule has 1 aromatic carbocycles. The number of amides is 2. The highest BCUT2D eigenvalue weighted by molar-refractivity contribution is 6.36. The standard InChI is InChI=1S/C16H20Cl2N2O2/c1-10-4-2-3-5-14(10)20-15(21)9-19-16(22)12-7-6-11(17)8-13(12)18/h6-8,10,14H,2-5,9H2,1H3,(H,19,22)(H,20,21)/t10-,14+/m0/s1. The van der Waals surface area contributed by atoms with Gasteiger partial charge in [0.2, 0.25) is 5.91 Å². The van der Waals surface area contributed by atoms with Crippen LogP contribution in [0, 0.1) is 5.92 Å². The molecular weight excluding hydrogens is 323 g/mol. The molecule has 0 aromatic heterocycles. The van der Waals surface area contributed by atoms with E-state index >= 15 is 0 Å². The maximum Gasteiger partial charge on any atom is 0.253 e. The van der Waals surface area contributed by atoms with Gasteiger partial charge in [-0.25, -0.2) is 0 Å². The predicted octanol–water partition coefficient (Wildman–Crippen LogP) is 3.42. The normalized spacial score (nSPS) is 21.2. The van der Waals surface area contributed by atoms with E-state index in [9.17, 15) is 9.59 Å². The Morgan fingerprint density at radius 1 is 1.23 bits per heavy atom. The maximum absolute atomic E-state index is 12.0. The van der Waals surface area contributed by atoms with E-state index in [0.717, 1.165) is 19.3 Å². The van der Waals surface area contributed by atoms with E-state index in [2.05, 4.69) is 17.6 Å². The van der Waals surface area contributed by atoms with Crippen LogP contribution in [0.4, 0.5) is 0 Å². The molecule has 1 saturated carbocycles. The molecule has 2 amide bonds. The van der Waals surface area contributed by atoms with Gasteiger partial charge in [-0.05, 0) is 37.0 Å². The van der Waals surface area contributed by atoms with Crippen molar-refractivity contribution < 1.29 is 9.59 Å². The topological polar surface area (TPSA) is 58.2 Å². The molecule has 1 aliphatic carbocycles. The third-order valence-electron chi connectivity index (χ3n) is 4.04. The Labute approximate surface area is 140 Å². The van der Waals surface area contributed by atoms with Gasteiger partial charge in [-0.1, -0.05) is 43.0 Å². The SMILES string of the molecule is C[C@H]1CCCC[C@H]1NC(=O)CNC(=O)c1ccc(Cl)cc1Cl. The van der Waals surface area contributed by atoms with Crippen molar-refractivity contribution in [3.8, 4) is 0 Å². The molecule has 1 fully saturated rings. The number of nitrogens with one attached hydrogen (secondary N) is 2. The van der Waals surface area contributed by atoms with E-state index in [1.54, 1.807) is 12.1 Å². The van der Waals surface area contributed by atoms with Gasteiger partial charge < -0.3 is 10.6 Å². The molecule has 2 N–H and O–H groups in total. The molecule has 120 valence electrons. The van der Waals surface area contributed by atoms with Crippen LogP contribution in [0.3, 0.4) is 0 Å². The lowest BCUT2D eigenvalue weighted by molar-refractivity contribution is -0.121. The summed E-state index contributed by atoms with van der Waals surface area (Å²) in [4.78, 5) is 24.0. The lowest BCUT2D eigenvalue weighted by atomic mass is 9.86. The Bertz CT molecular complexity index is 563. The van der Waals surface area contributed by atoms with Crippen LogP contribution >= 0.6 is 23.2 Å². The molecule has 0 aliphatic heterocycles. The molecule has 0 bridgehead atoms. The molecule has 22 heavy (non-hydrogen) atoms. The largest absolute Gasteiger partial charge is 0.352 e. The van der Waals surface area contributed by atoms with E-state index < -0.39 is 0 Å². The van der Waals surface area contributed by atoms with Gasteiger partial charge in [0, 0.05) is 11.1 Å². The molecular formula is C16H20Cl2N2O2. The van der Waals surface area contributed by atoms with Gasteiger partial charge in [0.25, 0.3) is 5.91 Å². The predicted molar refractivity (Wildman–Crippen MR) is 88.4 cm³/mol. The second kappa shape index (κ2) is 7.84. The zero-order valence-corrected chi connectivity index (χ0v) is 14.0. The molecule has 2 atom stereocenters. The minimum atomic E-state index is -0.381. The fourth-order valence-electron chi connectivity index (χ4n) is 2.72. The molecule has 1 aliphatic rings. The van der Waals surface area contributed by atoms with Crippen molar-refractivity contribution in [3.05, 3.63) is 33.8 Å². The number of benzene rings is 1. The highest BCUT2D eigenvalue weighted by Crippen LogP contribution is 2.23. The molecule has 0 spiro atoms. The average molecular weight is 343 g/mol. The van der Waals surface area contributed by atoms with Gasteiger partial charge in [0.1, 0.15) is 0 Å². The number of rotatable bonds is 4. The Morgan fingerprint density at radius 3 is 2.64 bits per heavy atom. The first-order valence-corrected chi connectivity index (χ1v) is 8.25. The summed E-state index contributed by atoms with van der Waals surface area (Å²) in [5.41, 5.74) is 0.310. The van der Waals surface area contributed by atoms with E-state index in [-0.39, 0.29) is 29.4 Å². The van der Waals surface area contributed by atoms with Crippen molar-refractivity contribution in [2.24, 2.45) is 5.92 Å². The Kier molecular flexibility index (Phi) is 6.09. The second-order valence-corrected chi connectivity index (χ2v) is 6.59. The fourth-order valence-corrected chi connectivity index (χ4v) is 3.21. The van der Waals surface area contributed by atoms with Gasteiger partial charge in [0.05, 0.1) is 17.1 Å². The van der Waals surface area contributed by atoms with E-state index in [0.29, 0.717) is 16.5 Å². The highest BCUT2D eigenvalue weighted by Gasteiger charge is 2.23. The van der Waals surface area contributed by atoms with Crippen LogP contribution in [-0.2, 0) is 4.79 Å². The minimum absolute atomic E-state index is 0.0546. The lowest BCUT2D eigenvalue weighted by Gasteiger charge is -2.29. The molecule has 4 nitrogen and oxygen atoms in total. The summed E-state index contributed by atoms with van der Waals surface area (Å²) in [6, 6.07) is 4.84. The first-order valence-electron chi connectivity index (χ1n) is 7.50. The lowest BCUT2D eigenvalue weighted by Crippen LogP contribution is -2.45. The number of halogens is 2. The summed E-state index contributed by atoms with van der Waals surface area (Å²) in [7, 11) is 0. The van der Waals surface area contributed by atoms with Crippen LogP contribution in [0.25, 0.3) is 0 Å². The monoisotopic (exact) mass is 342 g/mol. The summed E-state index contributed by atoms with van der Waals surface area (Å²) in [5.74, 6) is -0.0650. The zero-order chi connectivity index (χ0) is 16.1. The van der Waals surface area contributed by atoms with Crippen LogP contribution in [0.1, 0.15) is 43.0 Å². The highest BCUT2D eigenvalue weighted by atomic mass is 35.5. The maximum atomic E-state index is 12.0. The van der Waals surface area contributed by atoms with Crippen molar-refractivity contribution in [3.63, 3.8) is 0 Å². The Morgan fingerprint density at radius 2 is 1.95 bits per heavy atom. The zero-order valence-electron chi connectivity index (χ0n) is 12.5. The third kappa shape index (κ3) is 4.62. The molecule has 2 rings (SSSR count). The quantitative estimate of drug-likeness (QED) is 0.880. The van der Waals surface area contributed by atoms with E-state index in [4.69, 9.17) is 23.2 Å². The summed E-state index contributed by atoms with van der Waals surface area (Å²) in [6.45, 7) is 2.09. The van der Waals surface area contributed by atoms with Crippen molar-refractivity contribution in [2.75, 3.05) is 6.54 Å². The van der Waals surface area contributed by atoms with Crippen LogP contribution in [-0.4, -0.2) is 24.4 Å².